The standard InChI is InChI=1S/C27H30N2OS/c1-3-17-31-26-28-24-21-13-7-6-12-20(21)18-27(15-9-4-10-16-27)23(24)25(30)29(26)22-14-8-5-11-19(22)2/h5-8,11-14H,3-4,9-10,15-18H2,1-2H3. The number of aromatic nitrogens is 2. The largest absolute Gasteiger partial charge is 0.268 e. The van der Waals surface area contributed by atoms with E-state index in [1.54, 1.807) is 11.8 Å². The Morgan fingerprint density at radius 3 is 2.55 bits per heavy atom. The van der Waals surface area contributed by atoms with Crippen LogP contribution in [-0.2, 0) is 11.8 Å². The minimum atomic E-state index is -0.0790. The molecule has 31 heavy (non-hydrogen) atoms. The van der Waals surface area contributed by atoms with Gasteiger partial charge in [-0.2, -0.15) is 0 Å². The topological polar surface area (TPSA) is 34.9 Å². The van der Waals surface area contributed by atoms with E-state index in [2.05, 4.69) is 50.2 Å². The Bertz CT molecular complexity index is 1170. The van der Waals surface area contributed by atoms with E-state index < -0.39 is 0 Å². The van der Waals surface area contributed by atoms with E-state index in [9.17, 15) is 4.79 Å². The molecule has 2 aliphatic rings. The Morgan fingerprint density at radius 1 is 1.03 bits per heavy atom. The van der Waals surface area contributed by atoms with Gasteiger partial charge in [-0.05, 0) is 49.8 Å². The molecule has 4 heteroatoms. The molecule has 2 aromatic carbocycles. The number of fused-ring (bicyclic) bond motifs is 4. The first kappa shape index (κ1) is 20.6. The number of rotatable bonds is 4. The first-order valence-electron chi connectivity index (χ1n) is 11.6. The molecular weight excluding hydrogens is 400 g/mol. The molecule has 3 nitrogen and oxygen atoms in total. The fourth-order valence-corrected chi connectivity index (χ4v) is 6.36. The Balaban J connectivity index is 1.84. The molecule has 1 aromatic heterocycles. The fourth-order valence-electron chi connectivity index (χ4n) is 5.51. The van der Waals surface area contributed by atoms with E-state index in [1.165, 1.54) is 24.8 Å². The summed E-state index contributed by atoms with van der Waals surface area (Å²) < 4.78 is 1.92. The number of hydrogen-bond donors (Lipinski definition) is 0. The van der Waals surface area contributed by atoms with Gasteiger partial charge in [-0.3, -0.25) is 9.36 Å². The SMILES string of the molecule is CCCSc1nc2c(c(=O)n1-c1ccccc1C)C1(CCCCC1)Cc1ccccc1-2. The molecule has 2 aliphatic carbocycles. The predicted octanol–water partition coefficient (Wildman–Crippen LogP) is 6.47. The average molecular weight is 431 g/mol. The van der Waals surface area contributed by atoms with Crippen LogP contribution in [0.4, 0.5) is 0 Å². The third kappa shape index (κ3) is 3.45. The molecule has 0 amide bonds. The van der Waals surface area contributed by atoms with Crippen LogP contribution in [0.5, 0.6) is 0 Å². The van der Waals surface area contributed by atoms with Gasteiger partial charge in [0.15, 0.2) is 5.16 Å². The van der Waals surface area contributed by atoms with Gasteiger partial charge < -0.3 is 0 Å². The van der Waals surface area contributed by atoms with Gasteiger partial charge in [0.2, 0.25) is 0 Å². The lowest BCUT2D eigenvalue weighted by Gasteiger charge is -2.42. The highest BCUT2D eigenvalue weighted by atomic mass is 32.2. The molecule has 5 rings (SSSR count). The third-order valence-corrected chi connectivity index (χ3v) is 8.13. The van der Waals surface area contributed by atoms with Gasteiger partial charge in [-0.25, -0.2) is 4.98 Å². The van der Waals surface area contributed by atoms with Gasteiger partial charge in [0.05, 0.1) is 16.9 Å². The van der Waals surface area contributed by atoms with Gasteiger partial charge in [0.25, 0.3) is 5.56 Å². The second-order valence-corrected chi connectivity index (χ2v) is 10.1. The fraction of sp³-hybridized carbons (Fsp3) is 0.407. The average Bonchev–Trinajstić information content (AvgIpc) is 2.79. The third-order valence-electron chi connectivity index (χ3n) is 6.99. The Kier molecular flexibility index (Phi) is 5.51. The summed E-state index contributed by atoms with van der Waals surface area (Å²) in [4.78, 5) is 19.6. The lowest BCUT2D eigenvalue weighted by atomic mass is 9.62. The molecule has 0 bridgehead atoms. The quantitative estimate of drug-likeness (QED) is 0.351. The van der Waals surface area contributed by atoms with Crippen molar-refractivity contribution < 1.29 is 0 Å². The zero-order valence-electron chi connectivity index (χ0n) is 18.5. The number of hydrogen-bond acceptors (Lipinski definition) is 3. The lowest BCUT2D eigenvalue weighted by molar-refractivity contribution is 0.283. The van der Waals surface area contributed by atoms with E-state index in [4.69, 9.17) is 4.98 Å². The van der Waals surface area contributed by atoms with Crippen molar-refractivity contribution in [3.05, 3.63) is 75.6 Å². The van der Waals surface area contributed by atoms with Gasteiger partial charge in [0.1, 0.15) is 0 Å². The van der Waals surface area contributed by atoms with Crippen molar-refractivity contribution in [1.82, 2.24) is 9.55 Å². The minimum absolute atomic E-state index is 0.0790. The summed E-state index contributed by atoms with van der Waals surface area (Å²) in [6.45, 7) is 4.26. The zero-order valence-corrected chi connectivity index (χ0v) is 19.3. The number of aryl methyl sites for hydroxylation is 1. The van der Waals surface area contributed by atoms with Crippen molar-refractivity contribution in [2.45, 2.75) is 69.4 Å². The Morgan fingerprint density at radius 2 is 1.77 bits per heavy atom. The van der Waals surface area contributed by atoms with Crippen LogP contribution in [0.25, 0.3) is 16.9 Å². The maximum atomic E-state index is 14.3. The molecule has 0 radical (unpaired) electrons. The number of para-hydroxylation sites is 1. The Labute approximate surface area is 188 Å². The Hall–Kier alpha value is -2.33. The van der Waals surface area contributed by atoms with Crippen LogP contribution in [0.15, 0.2) is 58.5 Å². The van der Waals surface area contributed by atoms with Crippen LogP contribution in [0, 0.1) is 6.92 Å². The lowest BCUT2D eigenvalue weighted by Crippen LogP contribution is -2.43. The van der Waals surface area contributed by atoms with Crippen LogP contribution in [0.3, 0.4) is 0 Å². The van der Waals surface area contributed by atoms with E-state index in [0.717, 1.165) is 64.7 Å². The van der Waals surface area contributed by atoms with Crippen molar-refractivity contribution in [2.75, 3.05) is 5.75 Å². The first-order valence-corrected chi connectivity index (χ1v) is 12.6. The van der Waals surface area contributed by atoms with Crippen LogP contribution < -0.4 is 5.56 Å². The summed E-state index contributed by atoms with van der Waals surface area (Å²) in [7, 11) is 0. The smallest absolute Gasteiger partial charge is 0.263 e. The second kappa shape index (κ2) is 8.31. The van der Waals surface area contributed by atoms with E-state index in [-0.39, 0.29) is 11.0 Å². The van der Waals surface area contributed by atoms with Crippen LogP contribution in [0.2, 0.25) is 0 Å². The zero-order chi connectivity index (χ0) is 21.4. The molecule has 0 saturated heterocycles. The monoisotopic (exact) mass is 430 g/mol. The number of thioether (sulfide) groups is 1. The van der Waals surface area contributed by atoms with Crippen LogP contribution in [-0.4, -0.2) is 15.3 Å². The minimum Gasteiger partial charge on any atom is -0.268 e. The highest BCUT2D eigenvalue weighted by Crippen LogP contribution is 2.49. The maximum absolute atomic E-state index is 14.3. The molecule has 160 valence electrons. The number of nitrogens with zero attached hydrogens (tertiary/aromatic N) is 2. The summed E-state index contributed by atoms with van der Waals surface area (Å²) in [5.74, 6) is 0.948. The van der Waals surface area contributed by atoms with Crippen LogP contribution in [0.1, 0.15) is 62.1 Å². The molecule has 0 aliphatic heterocycles. The summed E-state index contributed by atoms with van der Waals surface area (Å²) >= 11 is 1.70. The highest BCUT2D eigenvalue weighted by molar-refractivity contribution is 7.99. The maximum Gasteiger partial charge on any atom is 0.263 e. The van der Waals surface area contributed by atoms with Gasteiger partial charge in [0, 0.05) is 16.7 Å². The van der Waals surface area contributed by atoms with Gasteiger partial charge in [-0.1, -0.05) is 80.4 Å². The normalized spacial score (nSPS) is 16.7. The molecule has 1 fully saturated rings. The molecular formula is C27H30N2OS. The van der Waals surface area contributed by atoms with Crippen molar-refractivity contribution in [1.29, 1.82) is 0 Å². The molecule has 0 N–H and O–H groups in total. The molecule has 1 heterocycles. The van der Waals surface area contributed by atoms with Crippen LogP contribution >= 0.6 is 11.8 Å². The second-order valence-electron chi connectivity index (χ2n) is 9.07. The molecule has 0 atom stereocenters. The van der Waals surface area contributed by atoms with Crippen molar-refractivity contribution >= 4 is 11.8 Å². The van der Waals surface area contributed by atoms with E-state index in [0.29, 0.717) is 0 Å². The van der Waals surface area contributed by atoms with E-state index >= 15 is 0 Å². The highest BCUT2D eigenvalue weighted by Gasteiger charge is 2.43. The van der Waals surface area contributed by atoms with Crippen molar-refractivity contribution in [3.63, 3.8) is 0 Å². The number of benzene rings is 2. The molecule has 1 spiro atoms. The summed E-state index contributed by atoms with van der Waals surface area (Å²) in [6, 6.07) is 16.8. The first-order chi connectivity index (χ1) is 15.1. The molecule has 3 aromatic rings. The van der Waals surface area contributed by atoms with Crippen molar-refractivity contribution in [2.24, 2.45) is 0 Å². The molecule has 0 unspecified atom stereocenters. The summed E-state index contributed by atoms with van der Waals surface area (Å²) in [5.41, 5.74) is 6.56. The summed E-state index contributed by atoms with van der Waals surface area (Å²) in [6.07, 6.45) is 7.83. The van der Waals surface area contributed by atoms with Gasteiger partial charge >= 0.3 is 0 Å². The van der Waals surface area contributed by atoms with Crippen molar-refractivity contribution in [3.8, 4) is 16.9 Å². The summed E-state index contributed by atoms with van der Waals surface area (Å²) in [5, 5.41) is 0.822. The molecule has 1 saturated carbocycles. The van der Waals surface area contributed by atoms with Gasteiger partial charge in [-0.15, -0.1) is 0 Å². The van der Waals surface area contributed by atoms with E-state index in [1.807, 2.05) is 16.7 Å². The predicted molar refractivity (Wildman–Crippen MR) is 129 cm³/mol.